The van der Waals surface area contributed by atoms with E-state index in [0.29, 0.717) is 0 Å². The van der Waals surface area contributed by atoms with Gasteiger partial charge in [-0.15, -0.1) is 0 Å². The molecule has 0 rings (SSSR count). The Bertz CT molecular complexity index is 8.00. The Kier molecular flexibility index (Phi) is 90.0. The summed E-state index contributed by atoms with van der Waals surface area (Å²) in [6.07, 6.45) is 0. The molecule has 0 nitrogen and oxygen atoms in total. The van der Waals surface area contributed by atoms with Gasteiger partial charge in [0.25, 0.3) is 0 Å². The fourth-order valence-electron chi connectivity index (χ4n) is 0. The summed E-state index contributed by atoms with van der Waals surface area (Å²) in [6.45, 7) is 0. The predicted molar refractivity (Wildman–Crippen MR) is 0 cm³/mol. The second kappa shape index (κ2) is 15.7. The molecule has 1 radical (unpaired) electrons. The first-order valence-electron chi connectivity index (χ1n) is 0. The van der Waals surface area contributed by atoms with Crippen molar-refractivity contribution in [1.29, 1.82) is 0 Å². The van der Waals surface area contributed by atoms with Gasteiger partial charge in [0.15, 0.2) is 0 Å². The molecule has 0 N–H and O–H groups in total. The Morgan fingerprint density at radius 3 is 1.00 bits per heavy atom. The van der Waals surface area contributed by atoms with E-state index in [2.05, 4.69) is 0 Å². The Balaban J connectivity index is 0. The molecule has 0 amide bonds. The molecule has 0 saturated heterocycles. The van der Waals surface area contributed by atoms with Gasteiger partial charge in [-0.2, -0.15) is 0 Å². The molecule has 0 aliphatic rings. The zero-order valence-electron chi connectivity index (χ0n) is 1.77. The zero-order valence-corrected chi connectivity index (χ0v) is 13.1. The summed E-state index contributed by atoms with van der Waals surface area (Å²) < 4.78 is 0. The summed E-state index contributed by atoms with van der Waals surface area (Å²) in [4.78, 5) is 0. The van der Waals surface area contributed by atoms with Gasteiger partial charge in [0, 0.05) is 154 Å². The van der Waals surface area contributed by atoms with Gasteiger partial charge in [0.1, 0.15) is 0 Å². The van der Waals surface area contributed by atoms with Gasteiger partial charge in [0.05, 0.1) is 0 Å². The molecule has 4 heavy (non-hydrogen) atoms. The van der Waals surface area contributed by atoms with Crippen molar-refractivity contribution in [3.63, 3.8) is 0 Å². The normalized spacial score (nSPS) is 0. The molecule has 0 aliphatic carbocycles. The van der Waals surface area contributed by atoms with E-state index in [-0.39, 0.29) is 154 Å². The molecule has 0 fully saturated rings. The SMILES string of the molecule is [Er].[La].[Nd].[Sm]. The maximum atomic E-state index is 0. The van der Waals surface area contributed by atoms with Crippen LogP contribution in [0.2, 0.25) is 0 Å². The van der Waals surface area contributed by atoms with Crippen molar-refractivity contribution in [1.82, 2.24) is 0 Å². The molecule has 0 atom stereocenters. The molecule has 0 aromatic heterocycles. The molecular weight excluding hydrogens is 601 g/mol. The van der Waals surface area contributed by atoms with Gasteiger partial charge in [0.2, 0.25) is 0 Å². The Morgan fingerprint density at radius 2 is 1.00 bits per heavy atom. The van der Waals surface area contributed by atoms with Gasteiger partial charge in [-0.25, -0.2) is 0 Å². The molecule has 0 saturated carbocycles. The predicted octanol–water partition coefficient (Wildman–Crippen LogP) is 0. The van der Waals surface area contributed by atoms with Crippen LogP contribution in [0.3, 0.4) is 0 Å². The first-order valence-corrected chi connectivity index (χ1v) is 0. The third-order valence-corrected chi connectivity index (χ3v) is 0. The maximum absolute atomic E-state index is 0. The van der Waals surface area contributed by atoms with Gasteiger partial charge < -0.3 is 0 Å². The smallest absolute Gasteiger partial charge is 0 e. The Labute approximate surface area is 149 Å². The van der Waals surface area contributed by atoms with Crippen molar-refractivity contribution >= 4 is 0 Å². The topological polar surface area (TPSA) is 0 Å². The number of hydrogen-bond donors (Lipinski definition) is 0. The largest absolute Gasteiger partial charge is 0 e. The van der Waals surface area contributed by atoms with Crippen molar-refractivity contribution in [2.24, 2.45) is 0 Å². The van der Waals surface area contributed by atoms with Crippen LogP contribution in [0.1, 0.15) is 0 Å². The van der Waals surface area contributed by atoms with Crippen LogP contribution in [0.15, 0.2) is 0 Å². The Hall–Kier alpha value is 5.13. The van der Waals surface area contributed by atoms with Crippen molar-refractivity contribution in [2.45, 2.75) is 0 Å². The van der Waals surface area contributed by atoms with Crippen molar-refractivity contribution in [3.05, 3.63) is 0 Å². The molecule has 0 heterocycles. The minimum absolute atomic E-state index is 0. The van der Waals surface area contributed by atoms with E-state index < -0.39 is 0 Å². The third kappa shape index (κ3) is 10.2. The van der Waals surface area contributed by atoms with Crippen LogP contribution in [0, 0.1) is 154 Å². The quantitative estimate of drug-likeness (QED) is 0.368. The second-order valence-electron chi connectivity index (χ2n) is 0. The fraction of sp³-hybridized carbons (Fsp3) is 0. The van der Waals surface area contributed by atoms with Crippen molar-refractivity contribution < 1.29 is 154 Å². The van der Waals surface area contributed by atoms with Gasteiger partial charge in [-0.1, -0.05) is 0 Å². The van der Waals surface area contributed by atoms with Crippen LogP contribution >= 0.6 is 0 Å². The molecule has 0 spiro atoms. The zero-order chi connectivity index (χ0) is 0. The average Bonchev–Trinajstić information content (AvgIpc) is 0. The first kappa shape index (κ1) is 22.9. The first-order chi connectivity index (χ1) is 0. The van der Waals surface area contributed by atoms with Crippen LogP contribution in [0.4, 0.5) is 0 Å². The molecule has 0 aromatic rings. The van der Waals surface area contributed by atoms with E-state index in [1.807, 2.05) is 0 Å². The fourth-order valence-corrected chi connectivity index (χ4v) is 0. The van der Waals surface area contributed by atoms with Gasteiger partial charge >= 0.3 is 0 Å². The summed E-state index contributed by atoms with van der Waals surface area (Å²) in [7, 11) is 0. The summed E-state index contributed by atoms with van der Waals surface area (Å²) >= 11 is 0. The second-order valence-corrected chi connectivity index (χ2v) is 0. The summed E-state index contributed by atoms with van der Waals surface area (Å²) in [5.74, 6) is 0. The van der Waals surface area contributed by atoms with Crippen LogP contribution in [0.5, 0.6) is 0 Å². The third-order valence-electron chi connectivity index (χ3n) is 0. The van der Waals surface area contributed by atoms with Gasteiger partial charge in [-0.3, -0.25) is 0 Å². The molecule has 0 aromatic carbocycles. The van der Waals surface area contributed by atoms with Crippen LogP contribution in [-0.4, -0.2) is 0 Å². The van der Waals surface area contributed by atoms with Crippen molar-refractivity contribution in [3.8, 4) is 0 Å². The molecule has 0 bridgehead atoms. The monoisotopic (exact) mass is 599 g/mol. The molecular formula is ErLaNdSm. The molecule has 0 aliphatic heterocycles. The van der Waals surface area contributed by atoms with E-state index in [1.54, 1.807) is 0 Å². The van der Waals surface area contributed by atoms with E-state index in [0.717, 1.165) is 0 Å². The average molecular weight is 601 g/mol. The Morgan fingerprint density at radius 1 is 1.00 bits per heavy atom. The minimum Gasteiger partial charge on any atom is 0 e. The van der Waals surface area contributed by atoms with E-state index >= 15 is 0 Å². The van der Waals surface area contributed by atoms with E-state index in [1.165, 1.54) is 0 Å². The number of rotatable bonds is 0. The summed E-state index contributed by atoms with van der Waals surface area (Å²) in [6, 6.07) is 0. The maximum Gasteiger partial charge on any atom is 0 e. The minimum atomic E-state index is 0. The van der Waals surface area contributed by atoms with Crippen LogP contribution in [-0.2, 0) is 0 Å². The molecule has 0 unspecified atom stereocenters. The molecule has 4 heteroatoms. The van der Waals surface area contributed by atoms with E-state index in [4.69, 9.17) is 0 Å². The van der Waals surface area contributed by atoms with Gasteiger partial charge in [-0.05, 0) is 0 Å². The summed E-state index contributed by atoms with van der Waals surface area (Å²) in [5.41, 5.74) is 0. The molecule has 25 valence electrons. The van der Waals surface area contributed by atoms with E-state index in [9.17, 15) is 0 Å². The van der Waals surface area contributed by atoms with Crippen molar-refractivity contribution in [2.75, 3.05) is 0 Å². The number of hydrogen-bond acceptors (Lipinski definition) is 0. The summed E-state index contributed by atoms with van der Waals surface area (Å²) in [5, 5.41) is 0. The van der Waals surface area contributed by atoms with Crippen LogP contribution < -0.4 is 0 Å². The standard InChI is InChI=1S/Er.La.Nd.Sm. The van der Waals surface area contributed by atoms with Crippen LogP contribution in [0.25, 0.3) is 0 Å².